The van der Waals surface area contributed by atoms with E-state index in [0.29, 0.717) is 44.9 Å². The molecule has 12 atom stereocenters. The van der Waals surface area contributed by atoms with Crippen LogP contribution >= 0.6 is 23.4 Å². The Hall–Kier alpha value is -1.19. The minimum absolute atomic E-state index is 0.00136. The highest BCUT2D eigenvalue weighted by Gasteiger charge is 2.49. The molecular formula is C28H42ClF2N5O3S. The SMILES string of the molecule is COC1CCC(C#N)CC1C1CC(C)NCC1C(=O)NC1NC2CN(C(=O)C3CCCC(C(F)F)C3Cl)CC2S1. The van der Waals surface area contributed by atoms with Gasteiger partial charge in [-0.25, -0.2) is 8.78 Å². The predicted octanol–water partition coefficient (Wildman–Crippen LogP) is 3.16. The molecule has 3 N–H and O–H groups in total. The molecule has 0 spiro atoms. The average molecular weight is 602 g/mol. The van der Waals surface area contributed by atoms with E-state index in [0.717, 1.165) is 25.7 Å². The van der Waals surface area contributed by atoms with Gasteiger partial charge in [0, 0.05) is 55.9 Å². The van der Waals surface area contributed by atoms with E-state index in [2.05, 4.69) is 28.9 Å². The van der Waals surface area contributed by atoms with E-state index >= 15 is 0 Å². The Morgan fingerprint density at radius 2 is 1.95 bits per heavy atom. The summed E-state index contributed by atoms with van der Waals surface area (Å²) in [6.07, 6.45) is 2.38. The first-order valence-electron chi connectivity index (χ1n) is 14.8. The highest BCUT2D eigenvalue weighted by molar-refractivity contribution is 8.00. The number of ether oxygens (including phenoxy) is 1. The molecule has 5 fully saturated rings. The fourth-order valence-corrected chi connectivity index (χ4v) is 9.73. The van der Waals surface area contributed by atoms with Gasteiger partial charge in [0.05, 0.1) is 29.4 Å². The Bertz CT molecular complexity index is 961. The molecule has 8 nitrogen and oxygen atoms in total. The number of methoxy groups -OCH3 is 1. The van der Waals surface area contributed by atoms with Crippen molar-refractivity contribution in [2.24, 2.45) is 35.5 Å². The first-order chi connectivity index (χ1) is 19.2. The molecule has 3 saturated heterocycles. The number of carbonyl (C=O) groups is 2. The third-order valence-electron chi connectivity index (χ3n) is 10.0. The Morgan fingerprint density at radius 3 is 2.65 bits per heavy atom. The lowest BCUT2D eigenvalue weighted by Crippen LogP contribution is -2.55. The summed E-state index contributed by atoms with van der Waals surface area (Å²) in [4.78, 5) is 28.6. The zero-order chi connectivity index (χ0) is 28.6. The van der Waals surface area contributed by atoms with Crippen LogP contribution < -0.4 is 16.0 Å². The molecule has 5 aliphatic rings. The van der Waals surface area contributed by atoms with Gasteiger partial charge >= 0.3 is 0 Å². The highest BCUT2D eigenvalue weighted by atomic mass is 35.5. The zero-order valence-electron chi connectivity index (χ0n) is 23.2. The van der Waals surface area contributed by atoms with E-state index in [1.165, 1.54) is 0 Å². The molecule has 12 heteroatoms. The topological polar surface area (TPSA) is 106 Å². The number of nitrogens with one attached hydrogen (secondary N) is 3. The van der Waals surface area contributed by atoms with Crippen LogP contribution in [0, 0.1) is 46.8 Å². The van der Waals surface area contributed by atoms with Crippen LogP contribution in [0.4, 0.5) is 8.78 Å². The summed E-state index contributed by atoms with van der Waals surface area (Å²) < 4.78 is 32.6. The third-order valence-corrected chi connectivity index (χ3v) is 12.0. The lowest BCUT2D eigenvalue weighted by atomic mass is 9.66. The molecule has 3 aliphatic heterocycles. The molecule has 0 aromatic carbocycles. The van der Waals surface area contributed by atoms with E-state index < -0.39 is 23.6 Å². The van der Waals surface area contributed by atoms with Crippen LogP contribution in [0.25, 0.3) is 0 Å². The second kappa shape index (κ2) is 13.0. The number of alkyl halides is 3. The number of nitriles is 1. The first-order valence-corrected chi connectivity index (χ1v) is 16.2. The second-order valence-electron chi connectivity index (χ2n) is 12.5. The number of nitrogens with zero attached hydrogens (tertiary/aromatic N) is 2. The fourth-order valence-electron chi connectivity index (χ4n) is 7.86. The van der Waals surface area contributed by atoms with Gasteiger partial charge in [-0.05, 0) is 57.3 Å². The number of hydrogen-bond acceptors (Lipinski definition) is 7. The van der Waals surface area contributed by atoms with Crippen LogP contribution in [0.1, 0.15) is 51.9 Å². The number of halogens is 3. The van der Waals surface area contributed by atoms with Crippen LogP contribution in [0.15, 0.2) is 0 Å². The number of hydrogen-bond donors (Lipinski definition) is 3. The molecule has 0 aromatic rings. The summed E-state index contributed by atoms with van der Waals surface area (Å²) in [5, 5.41) is 19.0. The van der Waals surface area contributed by atoms with Gasteiger partial charge < -0.3 is 20.3 Å². The van der Waals surface area contributed by atoms with E-state index in [-0.39, 0.29) is 58.4 Å². The number of thioether (sulfide) groups is 1. The Morgan fingerprint density at radius 1 is 1.15 bits per heavy atom. The average Bonchev–Trinajstić information content (AvgIpc) is 3.51. The third kappa shape index (κ3) is 6.26. The summed E-state index contributed by atoms with van der Waals surface area (Å²) in [7, 11) is 1.73. The van der Waals surface area contributed by atoms with E-state index in [4.69, 9.17) is 16.3 Å². The number of amides is 2. The standard InChI is InChI=1S/C28H42ClF2N5O3S/c1-14-8-18(19-9-15(10-32)6-7-22(19)39-2)20(11-33-14)26(37)35-28-34-21-12-36(13-23(21)40-28)27(38)17-5-3-4-16(24(17)29)25(30)31/h14-25,28,33-34H,3-9,11-13H2,1-2H3,(H,35,37). The largest absolute Gasteiger partial charge is 0.381 e. The number of fused-ring (bicyclic) bond motifs is 1. The number of carbonyl (C=O) groups excluding carboxylic acids is 2. The summed E-state index contributed by atoms with van der Waals surface area (Å²) in [6, 6.07) is 2.76. The minimum atomic E-state index is -2.51. The van der Waals surface area contributed by atoms with Crippen LogP contribution in [0.3, 0.4) is 0 Å². The molecule has 224 valence electrons. The minimum Gasteiger partial charge on any atom is -0.381 e. The molecule has 40 heavy (non-hydrogen) atoms. The van der Waals surface area contributed by atoms with Gasteiger partial charge in [0.15, 0.2) is 0 Å². The highest BCUT2D eigenvalue weighted by Crippen LogP contribution is 2.43. The normalized spacial score (nSPS) is 43.8. The van der Waals surface area contributed by atoms with Crippen molar-refractivity contribution in [1.29, 1.82) is 5.26 Å². The van der Waals surface area contributed by atoms with Crippen molar-refractivity contribution in [2.45, 2.75) is 92.6 Å². The quantitative estimate of drug-likeness (QED) is 0.402. The summed E-state index contributed by atoms with van der Waals surface area (Å²) in [5.41, 5.74) is -0.255. The molecule has 2 aliphatic carbocycles. The Kier molecular flexibility index (Phi) is 9.83. The summed E-state index contributed by atoms with van der Waals surface area (Å²) in [5.74, 6) is -1.53. The van der Waals surface area contributed by atoms with E-state index in [1.54, 1.807) is 23.8 Å². The number of piperidine rings is 1. The van der Waals surface area contributed by atoms with Gasteiger partial charge in [0.25, 0.3) is 0 Å². The van der Waals surface area contributed by atoms with Crippen molar-refractivity contribution in [1.82, 2.24) is 20.9 Å². The van der Waals surface area contributed by atoms with Gasteiger partial charge in [0.1, 0.15) is 5.50 Å². The van der Waals surface area contributed by atoms with Crippen LogP contribution in [-0.4, -0.2) is 84.2 Å². The molecule has 3 heterocycles. The fraction of sp³-hybridized carbons (Fsp3) is 0.893. The van der Waals surface area contributed by atoms with Gasteiger partial charge in [-0.2, -0.15) is 5.26 Å². The molecule has 2 saturated carbocycles. The van der Waals surface area contributed by atoms with E-state index in [9.17, 15) is 23.6 Å². The molecule has 5 rings (SSSR count). The van der Waals surface area contributed by atoms with Gasteiger partial charge in [-0.15, -0.1) is 23.4 Å². The maximum absolute atomic E-state index is 13.6. The van der Waals surface area contributed by atoms with Crippen LogP contribution in [0.5, 0.6) is 0 Å². The zero-order valence-corrected chi connectivity index (χ0v) is 24.8. The lowest BCUT2D eigenvalue weighted by Gasteiger charge is -2.44. The Balaban J connectivity index is 1.17. The molecule has 0 radical (unpaired) electrons. The monoisotopic (exact) mass is 601 g/mol. The maximum atomic E-state index is 13.6. The van der Waals surface area contributed by atoms with Crippen LogP contribution in [-0.2, 0) is 14.3 Å². The van der Waals surface area contributed by atoms with Crippen molar-refractivity contribution in [3.05, 3.63) is 0 Å². The van der Waals surface area contributed by atoms with Crippen molar-refractivity contribution < 1.29 is 23.1 Å². The lowest BCUT2D eigenvalue weighted by molar-refractivity contribution is -0.136. The van der Waals surface area contributed by atoms with Gasteiger partial charge in [0.2, 0.25) is 18.2 Å². The molecule has 0 bridgehead atoms. The van der Waals surface area contributed by atoms with Crippen molar-refractivity contribution >= 4 is 35.2 Å². The van der Waals surface area contributed by atoms with Crippen molar-refractivity contribution in [3.63, 3.8) is 0 Å². The maximum Gasteiger partial charge on any atom is 0.242 e. The molecular weight excluding hydrogens is 560 g/mol. The number of rotatable bonds is 6. The smallest absolute Gasteiger partial charge is 0.242 e. The van der Waals surface area contributed by atoms with Crippen LogP contribution in [0.2, 0.25) is 0 Å². The van der Waals surface area contributed by atoms with E-state index in [1.807, 2.05) is 0 Å². The Labute approximate surface area is 245 Å². The molecule has 2 amide bonds. The number of likely N-dealkylation sites (tertiary alicyclic amines) is 1. The summed E-state index contributed by atoms with van der Waals surface area (Å²) >= 11 is 7.99. The second-order valence-corrected chi connectivity index (χ2v) is 14.3. The summed E-state index contributed by atoms with van der Waals surface area (Å²) in [6.45, 7) is 3.74. The first kappa shape index (κ1) is 30.3. The van der Waals surface area contributed by atoms with Crippen molar-refractivity contribution in [2.75, 3.05) is 26.7 Å². The van der Waals surface area contributed by atoms with Crippen molar-refractivity contribution in [3.8, 4) is 6.07 Å². The molecule has 0 aromatic heterocycles. The van der Waals surface area contributed by atoms with Gasteiger partial charge in [-0.3, -0.25) is 14.9 Å². The predicted molar refractivity (Wildman–Crippen MR) is 150 cm³/mol. The van der Waals surface area contributed by atoms with Gasteiger partial charge in [-0.1, -0.05) is 6.42 Å². The molecule has 12 unspecified atom stereocenters.